The first-order chi connectivity index (χ1) is 14.3. The highest BCUT2D eigenvalue weighted by molar-refractivity contribution is 7.92. The Balaban J connectivity index is 1.61. The van der Waals surface area contributed by atoms with Crippen molar-refractivity contribution >= 4 is 27.6 Å². The predicted molar refractivity (Wildman–Crippen MR) is 114 cm³/mol. The van der Waals surface area contributed by atoms with Crippen LogP contribution in [0.3, 0.4) is 0 Å². The number of piperidine rings is 1. The van der Waals surface area contributed by atoms with Gasteiger partial charge in [-0.2, -0.15) is 0 Å². The van der Waals surface area contributed by atoms with Crippen molar-refractivity contribution < 1.29 is 22.7 Å². The van der Waals surface area contributed by atoms with E-state index in [0.29, 0.717) is 43.8 Å². The highest BCUT2D eigenvalue weighted by atomic mass is 32.2. The zero-order valence-corrected chi connectivity index (χ0v) is 17.9. The van der Waals surface area contributed by atoms with Gasteiger partial charge in [0.25, 0.3) is 15.9 Å². The van der Waals surface area contributed by atoms with Gasteiger partial charge in [-0.1, -0.05) is 17.7 Å². The van der Waals surface area contributed by atoms with E-state index in [1.165, 1.54) is 0 Å². The molecular formula is C22H26N2O5S. The summed E-state index contributed by atoms with van der Waals surface area (Å²) >= 11 is 0. The molecule has 0 aromatic heterocycles. The van der Waals surface area contributed by atoms with Crippen LogP contribution in [0.1, 0.15) is 35.7 Å². The molecule has 1 fully saturated rings. The maximum absolute atomic E-state index is 12.7. The van der Waals surface area contributed by atoms with E-state index in [1.807, 2.05) is 6.92 Å². The molecule has 3 rings (SSSR count). The van der Waals surface area contributed by atoms with Crippen LogP contribution in [0.5, 0.6) is 0 Å². The van der Waals surface area contributed by atoms with Crippen molar-refractivity contribution in [3.8, 4) is 0 Å². The van der Waals surface area contributed by atoms with Gasteiger partial charge in [-0.15, -0.1) is 0 Å². The average molecular weight is 431 g/mol. The van der Waals surface area contributed by atoms with Gasteiger partial charge in [-0.3, -0.25) is 14.3 Å². The minimum Gasteiger partial charge on any atom is -0.466 e. The lowest BCUT2D eigenvalue weighted by molar-refractivity contribution is -0.149. The Labute approximate surface area is 177 Å². The highest BCUT2D eigenvalue weighted by Crippen LogP contribution is 2.22. The summed E-state index contributed by atoms with van der Waals surface area (Å²) in [7, 11) is -3.69. The highest BCUT2D eigenvalue weighted by Gasteiger charge is 2.28. The third-order valence-corrected chi connectivity index (χ3v) is 6.51. The number of nitrogens with one attached hydrogen (secondary N) is 1. The van der Waals surface area contributed by atoms with Gasteiger partial charge in [-0.05, 0) is 63.1 Å². The lowest BCUT2D eigenvalue weighted by Gasteiger charge is -2.31. The molecule has 0 bridgehead atoms. The molecule has 1 aliphatic rings. The second-order valence-electron chi connectivity index (χ2n) is 7.31. The van der Waals surface area contributed by atoms with Crippen molar-refractivity contribution in [2.45, 2.75) is 31.6 Å². The first-order valence-corrected chi connectivity index (χ1v) is 11.4. The molecule has 0 saturated carbocycles. The standard InChI is InChI=1S/C22H26N2O5S/c1-3-29-22(26)18-12-14-24(15-13-18)21(25)17-6-8-19(9-7-17)23-30(27,28)20-10-4-16(2)5-11-20/h4-11,18,23H,3,12-15H2,1-2H3. The quantitative estimate of drug-likeness (QED) is 0.711. The number of anilines is 1. The minimum atomic E-state index is -3.69. The molecule has 0 radical (unpaired) electrons. The number of hydrogen-bond donors (Lipinski definition) is 1. The molecule has 1 aliphatic heterocycles. The van der Waals surface area contributed by atoms with Gasteiger partial charge in [0.1, 0.15) is 0 Å². The molecule has 160 valence electrons. The Kier molecular flexibility index (Phi) is 6.77. The molecule has 0 spiro atoms. The molecule has 0 unspecified atom stereocenters. The van der Waals surface area contributed by atoms with Crippen LogP contribution in [0.25, 0.3) is 0 Å². The normalized spacial score (nSPS) is 14.9. The van der Waals surface area contributed by atoms with E-state index in [0.717, 1.165) is 5.56 Å². The fourth-order valence-electron chi connectivity index (χ4n) is 3.37. The summed E-state index contributed by atoms with van der Waals surface area (Å²) in [6.45, 7) is 5.01. The topological polar surface area (TPSA) is 92.8 Å². The Morgan fingerprint density at radius 1 is 1.03 bits per heavy atom. The van der Waals surface area contributed by atoms with Crippen LogP contribution < -0.4 is 4.72 Å². The molecule has 0 atom stereocenters. The predicted octanol–water partition coefficient (Wildman–Crippen LogP) is 3.21. The van der Waals surface area contributed by atoms with Crippen LogP contribution in [0, 0.1) is 12.8 Å². The van der Waals surface area contributed by atoms with Crippen molar-refractivity contribution in [2.24, 2.45) is 5.92 Å². The number of ether oxygens (including phenoxy) is 1. The molecule has 0 aliphatic carbocycles. The lowest BCUT2D eigenvalue weighted by atomic mass is 9.96. The zero-order valence-electron chi connectivity index (χ0n) is 17.1. The van der Waals surface area contributed by atoms with Crippen molar-refractivity contribution in [3.63, 3.8) is 0 Å². The summed E-state index contributed by atoms with van der Waals surface area (Å²) in [6, 6.07) is 12.9. The van der Waals surface area contributed by atoms with Gasteiger partial charge in [0.05, 0.1) is 17.4 Å². The molecular weight excluding hydrogens is 404 g/mol. The van der Waals surface area contributed by atoms with Crippen LogP contribution in [0.2, 0.25) is 0 Å². The van der Waals surface area contributed by atoms with Crippen molar-refractivity contribution in [1.82, 2.24) is 4.90 Å². The molecule has 1 heterocycles. The smallest absolute Gasteiger partial charge is 0.309 e. The number of rotatable bonds is 6. The van der Waals surface area contributed by atoms with Crippen LogP contribution in [0.4, 0.5) is 5.69 Å². The fraction of sp³-hybridized carbons (Fsp3) is 0.364. The second kappa shape index (κ2) is 9.30. The second-order valence-corrected chi connectivity index (χ2v) is 9.00. The largest absolute Gasteiger partial charge is 0.466 e. The van der Waals surface area contributed by atoms with Crippen LogP contribution in [0.15, 0.2) is 53.4 Å². The third-order valence-electron chi connectivity index (χ3n) is 5.12. The van der Waals surface area contributed by atoms with Gasteiger partial charge in [0.15, 0.2) is 0 Å². The zero-order chi connectivity index (χ0) is 21.7. The lowest BCUT2D eigenvalue weighted by Crippen LogP contribution is -2.40. The molecule has 8 heteroatoms. The molecule has 7 nitrogen and oxygen atoms in total. The third kappa shape index (κ3) is 5.18. The molecule has 30 heavy (non-hydrogen) atoms. The van der Waals surface area contributed by atoms with E-state index in [2.05, 4.69) is 4.72 Å². The van der Waals surface area contributed by atoms with Crippen molar-refractivity contribution in [1.29, 1.82) is 0 Å². The number of amides is 1. The molecule has 1 N–H and O–H groups in total. The Morgan fingerprint density at radius 2 is 1.63 bits per heavy atom. The van der Waals surface area contributed by atoms with Crippen molar-refractivity contribution in [3.05, 3.63) is 59.7 Å². The Bertz CT molecular complexity index is 993. The first-order valence-electron chi connectivity index (χ1n) is 9.95. The van der Waals surface area contributed by atoms with Crippen molar-refractivity contribution in [2.75, 3.05) is 24.4 Å². The fourth-order valence-corrected chi connectivity index (χ4v) is 4.43. The van der Waals surface area contributed by atoms with Gasteiger partial charge in [0, 0.05) is 24.3 Å². The summed E-state index contributed by atoms with van der Waals surface area (Å²) in [6.07, 6.45) is 1.16. The maximum atomic E-state index is 12.7. The maximum Gasteiger partial charge on any atom is 0.309 e. The monoisotopic (exact) mass is 430 g/mol. The number of carbonyl (C=O) groups excluding carboxylic acids is 2. The number of likely N-dealkylation sites (tertiary alicyclic amines) is 1. The van der Waals surface area contributed by atoms with Crippen LogP contribution in [-0.4, -0.2) is 44.9 Å². The van der Waals surface area contributed by atoms with Gasteiger partial charge in [0.2, 0.25) is 0 Å². The van der Waals surface area contributed by atoms with E-state index in [1.54, 1.807) is 60.4 Å². The summed E-state index contributed by atoms with van der Waals surface area (Å²) in [5.41, 5.74) is 1.83. The Morgan fingerprint density at radius 3 is 2.20 bits per heavy atom. The summed E-state index contributed by atoms with van der Waals surface area (Å²) < 4.78 is 32.6. The number of aryl methyl sites for hydroxylation is 1. The summed E-state index contributed by atoms with van der Waals surface area (Å²) in [4.78, 5) is 26.4. The minimum absolute atomic E-state index is 0.134. The molecule has 2 aromatic rings. The van der Waals surface area contributed by atoms with E-state index in [9.17, 15) is 18.0 Å². The summed E-state index contributed by atoms with van der Waals surface area (Å²) in [5, 5.41) is 0. The van der Waals surface area contributed by atoms with Crippen LogP contribution >= 0.6 is 0 Å². The Hall–Kier alpha value is -2.87. The number of benzene rings is 2. The first kappa shape index (κ1) is 21.8. The number of sulfonamides is 1. The van der Waals surface area contributed by atoms with E-state index in [4.69, 9.17) is 4.74 Å². The SMILES string of the molecule is CCOC(=O)C1CCN(C(=O)c2ccc(NS(=O)(=O)c3ccc(C)cc3)cc2)CC1. The van der Waals surface area contributed by atoms with E-state index >= 15 is 0 Å². The van der Waals surface area contributed by atoms with Gasteiger partial charge in [-0.25, -0.2) is 8.42 Å². The molecule has 1 amide bonds. The number of esters is 1. The number of carbonyl (C=O) groups is 2. The van der Waals surface area contributed by atoms with Gasteiger partial charge < -0.3 is 9.64 Å². The number of hydrogen-bond acceptors (Lipinski definition) is 5. The summed E-state index contributed by atoms with van der Waals surface area (Å²) in [5.74, 6) is -0.493. The van der Waals surface area contributed by atoms with E-state index < -0.39 is 10.0 Å². The molecule has 1 saturated heterocycles. The average Bonchev–Trinajstić information content (AvgIpc) is 2.74. The van der Waals surface area contributed by atoms with Crippen LogP contribution in [-0.2, 0) is 19.6 Å². The number of nitrogens with zero attached hydrogens (tertiary/aromatic N) is 1. The van der Waals surface area contributed by atoms with Gasteiger partial charge >= 0.3 is 5.97 Å². The van der Waals surface area contributed by atoms with E-state index in [-0.39, 0.29) is 22.7 Å². The molecule has 2 aromatic carbocycles.